The Morgan fingerprint density at radius 2 is 0.627 bits per heavy atom. The quantitative estimate of drug-likeness (QED) is 0.0573. The summed E-state index contributed by atoms with van der Waals surface area (Å²) in [7, 11) is 1.62. The van der Waals surface area contributed by atoms with Crippen LogP contribution >= 0.6 is 0 Å². The average molecular weight is 1350 g/mol. The maximum Gasteiger partial charge on any atom is 0.277 e. The standard InChI is InChI=1S/2C17H12FNO.C17H12N2O3.C17H14N2O2.C17H13NO/c2*18-15-10-4-9-14(16(15)17(19)20)13-8-3-6-11-5-1-2-7-12(11)13;18-17(20)15-8-4-2-6-12(15)13-9-10-16(19(21)22)14-7-3-1-5-11(13)14;1-21-15-9-10-19-16-12(7-4-8-14(15)16)11-5-2-3-6-13(11)17(18)20;18-17(19)16-10-4-3-9-15(16)14-11-5-7-12-6-1-2-8-13(12)14/h2*1-10H,(H2,19,20);1-10H,(H2,18,20);2-10H,1H3,(H2,18,20);1-11H,(H2,18,19). The number of carbonyl (C=O) groups is 5. The highest BCUT2D eigenvalue weighted by Crippen LogP contribution is 2.39. The van der Waals surface area contributed by atoms with E-state index in [-0.39, 0.29) is 16.8 Å². The molecule has 0 aliphatic carbocycles. The van der Waals surface area contributed by atoms with Gasteiger partial charge >= 0.3 is 0 Å². The highest BCUT2D eigenvalue weighted by Gasteiger charge is 2.21. The predicted octanol–water partition coefficient (Wildman–Crippen LogP) is 17.6. The second-order valence-electron chi connectivity index (χ2n) is 23.0. The van der Waals surface area contributed by atoms with E-state index in [1.54, 1.807) is 104 Å². The minimum Gasteiger partial charge on any atom is -0.496 e. The first-order valence-corrected chi connectivity index (χ1v) is 31.8. The molecular weight excluding hydrogens is 1280 g/mol. The number of aromatic nitrogens is 1. The molecule has 0 fully saturated rings. The molecule has 15 aromatic rings. The van der Waals surface area contributed by atoms with Crippen molar-refractivity contribution in [3.63, 3.8) is 0 Å². The number of non-ortho nitro benzene ring substituents is 1. The van der Waals surface area contributed by atoms with Crippen molar-refractivity contribution in [2.45, 2.75) is 0 Å². The van der Waals surface area contributed by atoms with Gasteiger partial charge in [-0.15, -0.1) is 0 Å². The summed E-state index contributed by atoms with van der Waals surface area (Å²) in [5.41, 5.74) is 36.7. The Labute approximate surface area is 583 Å². The number of nitro groups is 1. The topological polar surface area (TPSA) is 281 Å². The third-order valence-electron chi connectivity index (χ3n) is 17.0. The first-order valence-electron chi connectivity index (χ1n) is 31.8. The number of halogens is 2. The molecule has 0 unspecified atom stereocenters. The van der Waals surface area contributed by atoms with Crippen LogP contribution in [0.1, 0.15) is 51.8 Å². The fourth-order valence-corrected chi connectivity index (χ4v) is 12.4. The van der Waals surface area contributed by atoms with Crippen LogP contribution in [-0.4, -0.2) is 46.6 Å². The molecule has 10 N–H and O–H groups in total. The van der Waals surface area contributed by atoms with Gasteiger partial charge in [0.25, 0.3) is 17.5 Å². The summed E-state index contributed by atoms with van der Waals surface area (Å²) in [6.07, 6.45) is 1.69. The summed E-state index contributed by atoms with van der Waals surface area (Å²) in [5.74, 6) is -3.34. The van der Waals surface area contributed by atoms with Crippen molar-refractivity contribution in [3.05, 3.63) is 353 Å². The summed E-state index contributed by atoms with van der Waals surface area (Å²) in [4.78, 5) is 73.1. The lowest BCUT2D eigenvalue weighted by Gasteiger charge is -2.11. The number of amides is 5. The number of hydrogen-bond acceptors (Lipinski definition) is 9. The number of nitrogens with two attached hydrogens (primary N) is 5. The van der Waals surface area contributed by atoms with Crippen LogP contribution in [0.15, 0.2) is 303 Å². The van der Waals surface area contributed by atoms with Crippen molar-refractivity contribution in [1.82, 2.24) is 4.98 Å². The van der Waals surface area contributed by atoms with Crippen molar-refractivity contribution in [3.8, 4) is 61.4 Å². The van der Waals surface area contributed by atoms with Crippen LogP contribution in [-0.2, 0) is 0 Å². The Balaban J connectivity index is 0.000000128. The van der Waals surface area contributed by atoms with E-state index < -0.39 is 46.1 Å². The number of nitro benzene ring substituents is 1. The summed E-state index contributed by atoms with van der Waals surface area (Å²) in [6.45, 7) is 0. The molecule has 0 aliphatic rings. The third kappa shape index (κ3) is 14.9. The molecule has 1 aromatic heterocycles. The molecule has 102 heavy (non-hydrogen) atoms. The Morgan fingerprint density at radius 3 is 1.04 bits per heavy atom. The number of pyridine rings is 1. The number of ether oxygens (including phenoxy) is 1. The normalized spacial score (nSPS) is 10.6. The highest BCUT2D eigenvalue weighted by molar-refractivity contribution is 6.10. The smallest absolute Gasteiger partial charge is 0.277 e. The number of nitrogens with zero attached hydrogens (tertiary/aromatic N) is 2. The predicted molar refractivity (Wildman–Crippen MR) is 400 cm³/mol. The van der Waals surface area contributed by atoms with E-state index >= 15 is 0 Å². The van der Waals surface area contributed by atoms with Crippen molar-refractivity contribution < 1.29 is 42.4 Å². The van der Waals surface area contributed by atoms with E-state index in [2.05, 4.69) is 23.2 Å². The Morgan fingerprint density at radius 1 is 0.324 bits per heavy atom. The number of rotatable bonds is 12. The molecule has 500 valence electrons. The minimum atomic E-state index is -0.758. The lowest BCUT2D eigenvalue weighted by atomic mass is 9.93. The summed E-state index contributed by atoms with van der Waals surface area (Å²) in [5, 5.41) is 19.6. The molecule has 0 saturated heterocycles. The zero-order chi connectivity index (χ0) is 72.0. The molecule has 0 radical (unpaired) electrons. The third-order valence-corrected chi connectivity index (χ3v) is 17.0. The van der Waals surface area contributed by atoms with Crippen LogP contribution < -0.4 is 33.4 Å². The van der Waals surface area contributed by atoms with Gasteiger partial charge < -0.3 is 33.4 Å². The van der Waals surface area contributed by atoms with Crippen molar-refractivity contribution in [1.29, 1.82) is 0 Å². The van der Waals surface area contributed by atoms with Crippen molar-refractivity contribution >= 4 is 89.2 Å². The number of benzene rings is 14. The second-order valence-corrected chi connectivity index (χ2v) is 23.0. The lowest BCUT2D eigenvalue weighted by Crippen LogP contribution is -2.14. The molecule has 17 heteroatoms. The van der Waals surface area contributed by atoms with Gasteiger partial charge in [-0.3, -0.25) is 39.1 Å². The molecule has 0 atom stereocenters. The van der Waals surface area contributed by atoms with E-state index in [0.717, 1.165) is 87.9 Å². The Kier molecular flexibility index (Phi) is 21.4. The van der Waals surface area contributed by atoms with Gasteiger partial charge in [0.05, 0.1) is 34.1 Å². The number of para-hydroxylation sites is 1. The average Bonchev–Trinajstić information content (AvgIpc) is 0.813. The fraction of sp³-hybridized carbons (Fsp3) is 0.0118. The molecule has 1 heterocycles. The minimum absolute atomic E-state index is 0.0379. The molecule has 15 nitrogen and oxygen atoms in total. The fourth-order valence-electron chi connectivity index (χ4n) is 12.4. The van der Waals surface area contributed by atoms with Gasteiger partial charge in [0.15, 0.2) is 0 Å². The summed E-state index contributed by atoms with van der Waals surface area (Å²) in [6, 6.07) is 89.7. The summed E-state index contributed by atoms with van der Waals surface area (Å²) < 4.78 is 33.1. The molecule has 14 aromatic carbocycles. The first-order chi connectivity index (χ1) is 49.4. The molecule has 15 rings (SSSR count). The van der Waals surface area contributed by atoms with E-state index in [1.807, 2.05) is 170 Å². The number of carbonyl (C=O) groups excluding carboxylic acids is 5. The van der Waals surface area contributed by atoms with Gasteiger partial charge in [0.1, 0.15) is 17.4 Å². The zero-order valence-electron chi connectivity index (χ0n) is 54.7. The van der Waals surface area contributed by atoms with Crippen LogP contribution in [0.3, 0.4) is 0 Å². The molecule has 0 saturated carbocycles. The van der Waals surface area contributed by atoms with E-state index in [4.69, 9.17) is 33.4 Å². The van der Waals surface area contributed by atoms with Gasteiger partial charge in [-0.05, 0) is 142 Å². The molecule has 0 aliphatic heterocycles. The SMILES string of the molecule is COc1ccnc2c(-c3ccccc3C(N)=O)cccc12.NC(=O)c1c(F)cccc1-c1cccc2ccccc12.NC(=O)c1c(F)cccc1-c1cccc2ccccc12.NC(=O)c1ccccc1-c1ccc([N+](=O)[O-])c2ccccc12.NC(=O)c1ccccc1-c1cccc2ccccc12. The van der Waals surface area contributed by atoms with Gasteiger partial charge in [-0.2, -0.15) is 0 Å². The zero-order valence-corrected chi connectivity index (χ0v) is 54.7. The van der Waals surface area contributed by atoms with Crippen LogP contribution in [0.5, 0.6) is 5.75 Å². The number of methoxy groups -OCH3 is 1. The van der Waals surface area contributed by atoms with Gasteiger partial charge in [-0.1, -0.05) is 237 Å². The summed E-state index contributed by atoms with van der Waals surface area (Å²) >= 11 is 0. The maximum atomic E-state index is 13.9. The van der Waals surface area contributed by atoms with Gasteiger partial charge in [-0.25, -0.2) is 8.78 Å². The number of fused-ring (bicyclic) bond motifs is 5. The van der Waals surface area contributed by atoms with Gasteiger partial charge in [0, 0.05) is 39.9 Å². The first kappa shape index (κ1) is 69.3. The Bertz CT molecular complexity index is 5590. The monoisotopic (exact) mass is 1350 g/mol. The van der Waals surface area contributed by atoms with Gasteiger partial charge in [0.2, 0.25) is 17.7 Å². The van der Waals surface area contributed by atoms with E-state index in [0.29, 0.717) is 44.2 Å². The lowest BCUT2D eigenvalue weighted by molar-refractivity contribution is -0.383. The van der Waals surface area contributed by atoms with E-state index in [1.165, 1.54) is 18.2 Å². The van der Waals surface area contributed by atoms with Crippen LogP contribution in [0.2, 0.25) is 0 Å². The van der Waals surface area contributed by atoms with Crippen molar-refractivity contribution in [2.75, 3.05) is 7.11 Å². The number of hydrogen-bond donors (Lipinski definition) is 5. The molecular formula is C85H63F2N7O8. The second kappa shape index (κ2) is 31.4. The van der Waals surface area contributed by atoms with E-state index in [9.17, 15) is 42.9 Å². The molecule has 5 amide bonds. The number of primary amides is 5. The van der Waals surface area contributed by atoms with Crippen LogP contribution in [0.4, 0.5) is 14.5 Å². The highest BCUT2D eigenvalue weighted by atomic mass is 19.1. The molecule has 0 spiro atoms. The Hall–Kier alpha value is -14.1. The maximum absolute atomic E-state index is 13.9. The molecule has 0 bridgehead atoms. The van der Waals surface area contributed by atoms with Crippen LogP contribution in [0, 0.1) is 21.7 Å². The van der Waals surface area contributed by atoms with Crippen molar-refractivity contribution in [2.24, 2.45) is 28.7 Å². The largest absolute Gasteiger partial charge is 0.496 e. The van der Waals surface area contributed by atoms with Crippen LogP contribution in [0.25, 0.3) is 110 Å².